The second-order valence-corrected chi connectivity index (χ2v) is 5.27. The number of hydrogen-bond donors (Lipinski definition) is 2. The van der Waals surface area contributed by atoms with Crippen LogP contribution in [0.5, 0.6) is 0 Å². The molecule has 1 aromatic rings. The fourth-order valence-electron chi connectivity index (χ4n) is 1.63. The van der Waals surface area contributed by atoms with Gasteiger partial charge in [0.1, 0.15) is 11.6 Å². The van der Waals surface area contributed by atoms with E-state index in [0.717, 1.165) is 17.9 Å². The number of thioether (sulfide) groups is 1. The van der Waals surface area contributed by atoms with Gasteiger partial charge in [0.25, 0.3) is 0 Å². The maximum atomic E-state index is 13.5. The van der Waals surface area contributed by atoms with Gasteiger partial charge in [0, 0.05) is 11.6 Å². The Morgan fingerprint density at radius 1 is 1.47 bits per heavy atom. The molecule has 6 heteroatoms. The van der Waals surface area contributed by atoms with Gasteiger partial charge in [-0.15, -0.1) is 0 Å². The van der Waals surface area contributed by atoms with Crippen LogP contribution in [0.3, 0.4) is 0 Å². The van der Waals surface area contributed by atoms with Gasteiger partial charge in [-0.2, -0.15) is 11.8 Å². The summed E-state index contributed by atoms with van der Waals surface area (Å²) in [5.41, 5.74) is 5.96. The predicted octanol–water partition coefficient (Wildman–Crippen LogP) is 2.22. The number of benzene rings is 1. The quantitative estimate of drug-likeness (QED) is 0.844. The van der Waals surface area contributed by atoms with E-state index in [0.29, 0.717) is 6.42 Å². The summed E-state index contributed by atoms with van der Waals surface area (Å²) in [6, 6.07) is 2.12. The zero-order chi connectivity index (χ0) is 14.4. The summed E-state index contributed by atoms with van der Waals surface area (Å²) >= 11 is 1.61. The number of carbonyl (C=O) groups excluding carboxylic acids is 1. The molecule has 2 atom stereocenters. The van der Waals surface area contributed by atoms with Crippen molar-refractivity contribution in [2.75, 3.05) is 12.0 Å². The van der Waals surface area contributed by atoms with E-state index in [1.165, 1.54) is 6.07 Å². The van der Waals surface area contributed by atoms with Crippen LogP contribution in [0.15, 0.2) is 18.2 Å². The molecule has 0 fully saturated rings. The van der Waals surface area contributed by atoms with Gasteiger partial charge in [-0.25, -0.2) is 8.78 Å². The molecule has 0 heterocycles. The zero-order valence-electron chi connectivity index (χ0n) is 11.0. The van der Waals surface area contributed by atoms with E-state index in [4.69, 9.17) is 5.73 Å². The Morgan fingerprint density at radius 3 is 2.74 bits per heavy atom. The lowest BCUT2D eigenvalue weighted by Crippen LogP contribution is -2.42. The highest BCUT2D eigenvalue weighted by Gasteiger charge is 2.18. The van der Waals surface area contributed by atoms with Crippen LogP contribution in [-0.2, 0) is 4.79 Å². The average Bonchev–Trinajstić information content (AvgIpc) is 2.35. The van der Waals surface area contributed by atoms with Crippen molar-refractivity contribution in [3.05, 3.63) is 35.4 Å². The fourth-order valence-corrected chi connectivity index (χ4v) is 2.12. The Balaban J connectivity index is 2.63. The van der Waals surface area contributed by atoms with Crippen LogP contribution in [0.4, 0.5) is 8.78 Å². The van der Waals surface area contributed by atoms with Crippen molar-refractivity contribution >= 4 is 17.7 Å². The van der Waals surface area contributed by atoms with Crippen LogP contribution in [0.2, 0.25) is 0 Å². The van der Waals surface area contributed by atoms with Crippen LogP contribution >= 0.6 is 11.8 Å². The Hall–Kier alpha value is -1.14. The maximum absolute atomic E-state index is 13.5. The Bertz CT molecular complexity index is 443. The molecule has 3 N–H and O–H groups in total. The molecule has 0 radical (unpaired) electrons. The fraction of sp³-hybridized carbons (Fsp3) is 0.462. The summed E-state index contributed by atoms with van der Waals surface area (Å²) in [5.74, 6) is -0.861. The molecule has 1 aromatic carbocycles. The number of nitrogens with one attached hydrogen (secondary N) is 1. The monoisotopic (exact) mass is 288 g/mol. The van der Waals surface area contributed by atoms with Crippen molar-refractivity contribution in [1.82, 2.24) is 5.32 Å². The maximum Gasteiger partial charge on any atom is 0.237 e. The first kappa shape index (κ1) is 15.9. The third-order valence-corrected chi connectivity index (χ3v) is 3.40. The molecule has 1 amide bonds. The molecule has 0 aromatic heterocycles. The number of halogens is 2. The molecule has 3 nitrogen and oxygen atoms in total. The van der Waals surface area contributed by atoms with Crippen molar-refractivity contribution in [2.45, 2.75) is 25.4 Å². The zero-order valence-corrected chi connectivity index (χ0v) is 11.8. The molecule has 1 rings (SSSR count). The summed E-state index contributed by atoms with van der Waals surface area (Å²) in [5, 5.41) is 2.63. The topological polar surface area (TPSA) is 55.1 Å². The number of carbonyl (C=O) groups is 1. The molecule has 106 valence electrons. The van der Waals surface area contributed by atoms with Crippen LogP contribution < -0.4 is 11.1 Å². The van der Waals surface area contributed by atoms with Crippen LogP contribution in [0.1, 0.15) is 24.9 Å². The van der Waals surface area contributed by atoms with Crippen molar-refractivity contribution in [3.63, 3.8) is 0 Å². The molecule has 0 aliphatic carbocycles. The first-order valence-electron chi connectivity index (χ1n) is 5.95. The van der Waals surface area contributed by atoms with Gasteiger partial charge in [-0.05, 0) is 31.4 Å². The third kappa shape index (κ3) is 4.80. The summed E-state index contributed by atoms with van der Waals surface area (Å²) in [7, 11) is 0. The molecular weight excluding hydrogens is 270 g/mol. The summed E-state index contributed by atoms with van der Waals surface area (Å²) in [4.78, 5) is 11.8. The van der Waals surface area contributed by atoms with E-state index in [1.807, 2.05) is 6.26 Å². The minimum Gasteiger partial charge on any atom is -0.348 e. The standard InChI is InChI=1S/C13H18F2N2OS/c1-8(10-4-3-9(14)7-11(10)15)17-13(18)12(16)5-6-19-2/h3-4,7-8,12H,5-6,16H2,1-2H3,(H,17,18)/t8?,12-/m0/s1. The Kier molecular flexibility index (Phi) is 6.24. The van der Waals surface area contributed by atoms with Gasteiger partial charge >= 0.3 is 0 Å². The Labute approximate surface area is 115 Å². The molecule has 0 aliphatic heterocycles. The average molecular weight is 288 g/mol. The van der Waals surface area contributed by atoms with E-state index in [9.17, 15) is 13.6 Å². The van der Waals surface area contributed by atoms with Crippen LogP contribution in [0.25, 0.3) is 0 Å². The van der Waals surface area contributed by atoms with Gasteiger partial charge in [0.2, 0.25) is 5.91 Å². The molecule has 0 spiro atoms. The summed E-state index contributed by atoms with van der Waals surface area (Å²) in [6.45, 7) is 1.63. The number of rotatable bonds is 6. The van der Waals surface area contributed by atoms with Crippen LogP contribution in [-0.4, -0.2) is 24.0 Å². The number of nitrogens with two attached hydrogens (primary N) is 1. The van der Waals surface area contributed by atoms with Gasteiger partial charge in [0.15, 0.2) is 0 Å². The molecule has 0 bridgehead atoms. The SMILES string of the molecule is CSCC[C@H](N)C(=O)NC(C)c1ccc(F)cc1F. The molecule has 1 unspecified atom stereocenters. The third-order valence-electron chi connectivity index (χ3n) is 2.76. The lowest BCUT2D eigenvalue weighted by atomic mass is 10.1. The lowest BCUT2D eigenvalue weighted by Gasteiger charge is -2.18. The Morgan fingerprint density at radius 2 is 2.16 bits per heavy atom. The van der Waals surface area contributed by atoms with E-state index < -0.39 is 23.7 Å². The minimum absolute atomic E-state index is 0.242. The molecule has 0 saturated heterocycles. The van der Waals surface area contributed by atoms with Crippen molar-refractivity contribution in [2.24, 2.45) is 5.73 Å². The molecule has 0 aliphatic rings. The summed E-state index contributed by atoms with van der Waals surface area (Å²) in [6.07, 6.45) is 2.49. The predicted molar refractivity (Wildman–Crippen MR) is 73.9 cm³/mol. The molecular formula is C13H18F2N2OS. The second kappa shape index (κ2) is 7.45. The van der Waals surface area contributed by atoms with Crippen molar-refractivity contribution in [1.29, 1.82) is 0 Å². The summed E-state index contributed by atoms with van der Waals surface area (Å²) < 4.78 is 26.3. The smallest absolute Gasteiger partial charge is 0.237 e. The van der Waals surface area contributed by atoms with Crippen LogP contribution in [0, 0.1) is 11.6 Å². The van der Waals surface area contributed by atoms with Crippen molar-refractivity contribution < 1.29 is 13.6 Å². The highest BCUT2D eigenvalue weighted by Crippen LogP contribution is 2.17. The lowest BCUT2D eigenvalue weighted by molar-refractivity contribution is -0.123. The number of hydrogen-bond acceptors (Lipinski definition) is 3. The van der Waals surface area contributed by atoms with Gasteiger partial charge < -0.3 is 11.1 Å². The van der Waals surface area contributed by atoms with Gasteiger partial charge in [0.05, 0.1) is 12.1 Å². The number of amides is 1. The molecule has 0 saturated carbocycles. The van der Waals surface area contributed by atoms with Gasteiger partial charge in [-0.3, -0.25) is 4.79 Å². The normalized spacial score (nSPS) is 13.9. The molecule has 19 heavy (non-hydrogen) atoms. The highest BCUT2D eigenvalue weighted by molar-refractivity contribution is 7.98. The minimum atomic E-state index is -0.675. The van der Waals surface area contributed by atoms with E-state index in [1.54, 1.807) is 18.7 Å². The van der Waals surface area contributed by atoms with Crippen molar-refractivity contribution in [3.8, 4) is 0 Å². The van der Waals surface area contributed by atoms with E-state index in [2.05, 4.69) is 5.32 Å². The van der Waals surface area contributed by atoms with E-state index >= 15 is 0 Å². The first-order chi connectivity index (χ1) is 8.95. The highest BCUT2D eigenvalue weighted by atomic mass is 32.2. The first-order valence-corrected chi connectivity index (χ1v) is 7.35. The largest absolute Gasteiger partial charge is 0.348 e. The van der Waals surface area contributed by atoms with Gasteiger partial charge in [-0.1, -0.05) is 6.07 Å². The van der Waals surface area contributed by atoms with E-state index in [-0.39, 0.29) is 11.5 Å². The second-order valence-electron chi connectivity index (χ2n) is 4.28.